The van der Waals surface area contributed by atoms with Crippen molar-refractivity contribution in [3.63, 3.8) is 0 Å². The molecule has 5 nitrogen and oxygen atoms in total. The number of hydrogen-bond acceptors (Lipinski definition) is 3. The molecule has 1 aromatic heterocycles. The molecule has 0 aliphatic carbocycles. The van der Waals surface area contributed by atoms with E-state index in [2.05, 4.69) is 15.2 Å². The number of ether oxygens (including phenoxy) is 1. The minimum Gasteiger partial charge on any atom is -0.406 e. The number of benzene rings is 2. The van der Waals surface area contributed by atoms with Gasteiger partial charge in [-0.1, -0.05) is 18.2 Å². The molecule has 0 aliphatic rings. The molecule has 0 radical (unpaired) electrons. The van der Waals surface area contributed by atoms with E-state index in [0.717, 1.165) is 29.1 Å². The summed E-state index contributed by atoms with van der Waals surface area (Å²) in [6.07, 6.45) is -4.79. The van der Waals surface area contributed by atoms with Crippen molar-refractivity contribution in [2.75, 3.05) is 5.32 Å². The zero-order valence-electron chi connectivity index (χ0n) is 15.2. The van der Waals surface area contributed by atoms with Gasteiger partial charge in [-0.2, -0.15) is 5.10 Å². The van der Waals surface area contributed by atoms with Crippen molar-refractivity contribution in [3.05, 3.63) is 77.1 Å². The number of anilines is 1. The Labute approximate surface area is 159 Å². The lowest BCUT2D eigenvalue weighted by Crippen LogP contribution is -2.17. The predicted molar refractivity (Wildman–Crippen MR) is 98.3 cm³/mol. The Bertz CT molecular complexity index is 979. The third-order valence-corrected chi connectivity index (χ3v) is 3.98. The Morgan fingerprint density at radius 2 is 1.82 bits per heavy atom. The highest BCUT2D eigenvalue weighted by Crippen LogP contribution is 2.25. The van der Waals surface area contributed by atoms with Crippen LogP contribution in [0.3, 0.4) is 0 Å². The number of nitrogens with one attached hydrogen (secondary N) is 1. The fourth-order valence-corrected chi connectivity index (χ4v) is 2.74. The van der Waals surface area contributed by atoms with Crippen molar-refractivity contribution in [2.24, 2.45) is 0 Å². The van der Waals surface area contributed by atoms with Crippen LogP contribution in [-0.4, -0.2) is 22.1 Å². The van der Waals surface area contributed by atoms with Crippen molar-refractivity contribution in [2.45, 2.75) is 26.8 Å². The van der Waals surface area contributed by atoms with Gasteiger partial charge in [0, 0.05) is 23.0 Å². The molecule has 28 heavy (non-hydrogen) atoms. The summed E-state index contributed by atoms with van der Waals surface area (Å²) >= 11 is 0. The minimum atomic E-state index is -4.79. The van der Waals surface area contributed by atoms with Crippen LogP contribution in [0.15, 0.2) is 54.6 Å². The predicted octanol–water partition coefficient (Wildman–Crippen LogP) is 4.70. The topological polar surface area (TPSA) is 56.2 Å². The first-order valence-corrected chi connectivity index (χ1v) is 8.47. The average molecular weight is 389 g/mol. The summed E-state index contributed by atoms with van der Waals surface area (Å²) in [7, 11) is 0. The molecular formula is C20H18F3N3O2. The summed E-state index contributed by atoms with van der Waals surface area (Å²) < 4.78 is 42.6. The summed E-state index contributed by atoms with van der Waals surface area (Å²) in [5.74, 6) is -0.827. The van der Waals surface area contributed by atoms with Gasteiger partial charge >= 0.3 is 6.36 Å². The van der Waals surface area contributed by atoms with Crippen molar-refractivity contribution in [1.29, 1.82) is 0 Å². The first-order valence-electron chi connectivity index (χ1n) is 8.47. The fraction of sp³-hybridized carbons (Fsp3) is 0.200. The van der Waals surface area contributed by atoms with Crippen LogP contribution in [0.5, 0.6) is 5.75 Å². The molecule has 0 bridgehead atoms. The largest absolute Gasteiger partial charge is 0.573 e. The number of carbonyl (C=O) groups excluding carboxylic acids is 1. The van der Waals surface area contributed by atoms with Crippen LogP contribution < -0.4 is 10.1 Å². The lowest BCUT2D eigenvalue weighted by Gasteiger charge is -2.11. The molecule has 0 saturated carbocycles. The molecule has 0 spiro atoms. The lowest BCUT2D eigenvalue weighted by atomic mass is 10.1. The zero-order valence-corrected chi connectivity index (χ0v) is 15.2. The van der Waals surface area contributed by atoms with Gasteiger partial charge in [-0.3, -0.25) is 9.48 Å². The summed E-state index contributed by atoms with van der Waals surface area (Å²) in [4.78, 5) is 12.3. The van der Waals surface area contributed by atoms with Gasteiger partial charge in [0.25, 0.3) is 5.91 Å². The van der Waals surface area contributed by atoms with Gasteiger partial charge in [-0.15, -0.1) is 13.2 Å². The highest BCUT2D eigenvalue weighted by Gasteiger charge is 2.31. The highest BCUT2D eigenvalue weighted by molar-refractivity contribution is 6.04. The second-order valence-corrected chi connectivity index (χ2v) is 6.31. The van der Waals surface area contributed by atoms with Gasteiger partial charge in [-0.05, 0) is 49.7 Å². The van der Waals surface area contributed by atoms with E-state index >= 15 is 0 Å². The normalized spacial score (nSPS) is 11.3. The van der Waals surface area contributed by atoms with Gasteiger partial charge in [-0.25, -0.2) is 0 Å². The third kappa shape index (κ3) is 5.12. The number of carbonyl (C=O) groups is 1. The molecule has 8 heteroatoms. The zero-order chi connectivity index (χ0) is 20.3. The van der Waals surface area contributed by atoms with Gasteiger partial charge in [0.05, 0.1) is 12.2 Å². The van der Waals surface area contributed by atoms with Gasteiger partial charge in [0.1, 0.15) is 5.75 Å². The molecule has 1 amide bonds. The number of nitrogens with zero attached hydrogens (tertiary/aromatic N) is 2. The first-order chi connectivity index (χ1) is 13.2. The molecule has 1 heterocycles. The molecular weight excluding hydrogens is 371 g/mol. The van der Waals surface area contributed by atoms with Crippen LogP contribution in [-0.2, 0) is 6.54 Å². The lowest BCUT2D eigenvalue weighted by molar-refractivity contribution is -0.274. The minimum absolute atomic E-state index is 0.207. The molecule has 0 saturated heterocycles. The quantitative estimate of drug-likeness (QED) is 0.688. The maximum Gasteiger partial charge on any atom is 0.573 e. The molecule has 3 rings (SSSR count). The molecule has 2 aromatic carbocycles. The van der Waals surface area contributed by atoms with Crippen molar-refractivity contribution >= 4 is 11.6 Å². The number of hydrogen-bond donors (Lipinski definition) is 1. The van der Waals surface area contributed by atoms with E-state index in [1.165, 1.54) is 12.1 Å². The Hall–Kier alpha value is -3.29. The third-order valence-electron chi connectivity index (χ3n) is 3.98. The van der Waals surface area contributed by atoms with E-state index in [-0.39, 0.29) is 5.69 Å². The molecule has 0 aliphatic heterocycles. The van der Waals surface area contributed by atoms with Crippen LogP contribution in [0, 0.1) is 13.8 Å². The Morgan fingerprint density at radius 1 is 1.11 bits per heavy atom. The van der Waals surface area contributed by atoms with Crippen molar-refractivity contribution < 1.29 is 22.7 Å². The van der Waals surface area contributed by atoms with Gasteiger partial charge in [0.15, 0.2) is 0 Å². The maximum atomic E-state index is 12.3. The van der Waals surface area contributed by atoms with E-state index in [1.54, 1.807) is 12.1 Å². The molecule has 1 N–H and O–H groups in total. The maximum absolute atomic E-state index is 12.3. The number of rotatable bonds is 5. The van der Waals surface area contributed by atoms with Gasteiger partial charge in [0.2, 0.25) is 0 Å². The Balaban J connectivity index is 1.66. The SMILES string of the molecule is Cc1cc(C)n(Cc2ccc(C(=O)Nc3cccc(OC(F)(F)F)c3)cc2)n1. The van der Waals surface area contributed by atoms with Crippen LogP contribution in [0.1, 0.15) is 27.3 Å². The van der Waals surface area contributed by atoms with E-state index in [4.69, 9.17) is 0 Å². The molecule has 0 fully saturated rings. The second kappa shape index (κ2) is 7.75. The summed E-state index contributed by atoms with van der Waals surface area (Å²) in [5.41, 5.74) is 3.55. The molecule has 0 atom stereocenters. The number of aryl methyl sites for hydroxylation is 2. The number of halogens is 3. The first kappa shape index (κ1) is 19.5. The summed E-state index contributed by atoms with van der Waals surface area (Å²) in [6.45, 7) is 4.47. The Morgan fingerprint density at radius 3 is 2.43 bits per heavy atom. The van der Waals surface area contributed by atoms with Crippen molar-refractivity contribution in [1.82, 2.24) is 9.78 Å². The van der Waals surface area contributed by atoms with Crippen LogP contribution in [0.4, 0.5) is 18.9 Å². The van der Waals surface area contributed by atoms with E-state index in [9.17, 15) is 18.0 Å². The van der Waals surface area contributed by atoms with Crippen molar-refractivity contribution in [3.8, 4) is 5.75 Å². The fourth-order valence-electron chi connectivity index (χ4n) is 2.74. The molecule has 0 unspecified atom stereocenters. The number of aromatic nitrogens is 2. The summed E-state index contributed by atoms with van der Waals surface area (Å²) in [6, 6.07) is 14.1. The molecule has 146 valence electrons. The van der Waals surface area contributed by atoms with Gasteiger partial charge < -0.3 is 10.1 Å². The standard InChI is InChI=1S/C20H18F3N3O2/c1-13-10-14(2)26(25-13)12-15-6-8-16(9-7-15)19(27)24-17-4-3-5-18(11-17)28-20(21,22)23/h3-11H,12H2,1-2H3,(H,24,27). The smallest absolute Gasteiger partial charge is 0.406 e. The highest BCUT2D eigenvalue weighted by atomic mass is 19.4. The Kier molecular flexibility index (Phi) is 5.39. The van der Waals surface area contributed by atoms with Crippen LogP contribution in [0.25, 0.3) is 0 Å². The number of alkyl halides is 3. The average Bonchev–Trinajstić information content (AvgIpc) is 2.91. The number of amides is 1. The van der Waals surface area contributed by atoms with Crippen LogP contribution in [0.2, 0.25) is 0 Å². The van der Waals surface area contributed by atoms with E-state index < -0.39 is 18.0 Å². The molecule has 3 aromatic rings. The second-order valence-electron chi connectivity index (χ2n) is 6.31. The van der Waals surface area contributed by atoms with E-state index in [0.29, 0.717) is 12.1 Å². The summed E-state index contributed by atoms with van der Waals surface area (Å²) in [5, 5.41) is 6.96. The van der Waals surface area contributed by atoms with E-state index in [1.807, 2.05) is 36.7 Å². The monoisotopic (exact) mass is 389 g/mol. The van der Waals surface area contributed by atoms with Crippen LogP contribution >= 0.6 is 0 Å².